The second-order valence-corrected chi connectivity index (χ2v) is 3.74. The maximum atomic E-state index is 11.4. The van der Waals surface area contributed by atoms with Crippen molar-refractivity contribution in [3.8, 4) is 5.75 Å². The van der Waals surface area contributed by atoms with Crippen LogP contribution in [-0.2, 0) is 4.79 Å². The third-order valence-electron chi connectivity index (χ3n) is 2.41. The first-order valence-electron chi connectivity index (χ1n) is 5.12. The van der Waals surface area contributed by atoms with Gasteiger partial charge in [-0.2, -0.15) is 0 Å². The molecule has 0 unspecified atom stereocenters. The largest absolute Gasteiger partial charge is 0.483 e. The molecule has 0 spiro atoms. The van der Waals surface area contributed by atoms with Crippen molar-refractivity contribution < 1.29 is 19.4 Å². The molecule has 92 valence electrons. The van der Waals surface area contributed by atoms with Crippen molar-refractivity contribution in [1.82, 2.24) is 4.90 Å². The molecule has 5 heteroatoms. The normalized spacial score (nSPS) is 9.82. The first-order valence-corrected chi connectivity index (χ1v) is 5.12. The van der Waals surface area contributed by atoms with Crippen LogP contribution in [0.4, 0.5) is 4.79 Å². The van der Waals surface area contributed by atoms with Gasteiger partial charge in [-0.25, -0.2) is 9.69 Å². The SMILES string of the molecule is Cc1cccc(C)c1OCC(=O)N(C)C(=O)O. The summed E-state index contributed by atoms with van der Waals surface area (Å²) in [5.74, 6) is 0.0276. The van der Waals surface area contributed by atoms with Crippen LogP contribution in [0, 0.1) is 13.8 Å². The number of aryl methyl sites for hydroxylation is 2. The number of rotatable bonds is 3. The van der Waals surface area contributed by atoms with Gasteiger partial charge in [-0.15, -0.1) is 0 Å². The van der Waals surface area contributed by atoms with Gasteiger partial charge in [-0.05, 0) is 25.0 Å². The summed E-state index contributed by atoms with van der Waals surface area (Å²) in [5.41, 5.74) is 1.83. The lowest BCUT2D eigenvalue weighted by Crippen LogP contribution is -2.35. The zero-order chi connectivity index (χ0) is 13.0. The van der Waals surface area contributed by atoms with Gasteiger partial charge in [0.1, 0.15) is 5.75 Å². The number of likely N-dealkylation sites (N-methyl/N-ethyl adjacent to an activating group) is 1. The fourth-order valence-electron chi connectivity index (χ4n) is 1.36. The van der Waals surface area contributed by atoms with Gasteiger partial charge in [-0.3, -0.25) is 4.79 Å². The van der Waals surface area contributed by atoms with Crippen molar-refractivity contribution in [2.24, 2.45) is 0 Å². The number of para-hydroxylation sites is 1. The number of carbonyl (C=O) groups excluding carboxylic acids is 1. The van der Waals surface area contributed by atoms with E-state index < -0.39 is 12.0 Å². The van der Waals surface area contributed by atoms with Crippen LogP contribution < -0.4 is 4.74 Å². The first-order chi connectivity index (χ1) is 7.93. The molecule has 5 nitrogen and oxygen atoms in total. The van der Waals surface area contributed by atoms with Gasteiger partial charge in [0.15, 0.2) is 6.61 Å². The maximum Gasteiger partial charge on any atom is 0.413 e. The average Bonchev–Trinajstić information content (AvgIpc) is 2.26. The summed E-state index contributed by atoms with van der Waals surface area (Å²) in [6.07, 6.45) is -1.29. The molecule has 0 aliphatic rings. The van der Waals surface area contributed by atoms with Crippen LogP contribution >= 0.6 is 0 Å². The minimum atomic E-state index is -1.29. The summed E-state index contributed by atoms with van der Waals surface area (Å²) in [5, 5.41) is 8.61. The van der Waals surface area contributed by atoms with Gasteiger partial charge in [-0.1, -0.05) is 18.2 Å². The first kappa shape index (κ1) is 13.0. The molecule has 0 bridgehead atoms. The van der Waals surface area contributed by atoms with Crippen molar-refractivity contribution in [3.63, 3.8) is 0 Å². The van der Waals surface area contributed by atoms with Gasteiger partial charge in [0, 0.05) is 7.05 Å². The van der Waals surface area contributed by atoms with E-state index in [-0.39, 0.29) is 6.61 Å². The van der Waals surface area contributed by atoms with Crippen molar-refractivity contribution in [2.75, 3.05) is 13.7 Å². The highest BCUT2D eigenvalue weighted by Crippen LogP contribution is 2.22. The van der Waals surface area contributed by atoms with E-state index in [2.05, 4.69) is 0 Å². The summed E-state index contributed by atoms with van der Waals surface area (Å²) in [6.45, 7) is 3.45. The zero-order valence-electron chi connectivity index (χ0n) is 10.1. The van der Waals surface area contributed by atoms with Crippen LogP contribution in [0.5, 0.6) is 5.75 Å². The van der Waals surface area contributed by atoms with Gasteiger partial charge >= 0.3 is 6.09 Å². The Morgan fingerprint density at radius 1 is 1.29 bits per heavy atom. The lowest BCUT2D eigenvalue weighted by Gasteiger charge is -2.14. The van der Waals surface area contributed by atoms with Crippen LogP contribution in [0.2, 0.25) is 0 Å². The van der Waals surface area contributed by atoms with Crippen LogP contribution in [0.3, 0.4) is 0 Å². The van der Waals surface area contributed by atoms with E-state index in [4.69, 9.17) is 9.84 Å². The molecular weight excluding hydrogens is 222 g/mol. The monoisotopic (exact) mass is 237 g/mol. The summed E-state index contributed by atoms with van der Waals surface area (Å²) in [6, 6.07) is 5.63. The Bertz CT molecular complexity index is 422. The van der Waals surface area contributed by atoms with Crippen molar-refractivity contribution in [1.29, 1.82) is 0 Å². The molecule has 1 aromatic rings. The molecule has 1 N–H and O–H groups in total. The Balaban J connectivity index is 2.68. The Morgan fingerprint density at radius 2 is 1.82 bits per heavy atom. The van der Waals surface area contributed by atoms with E-state index in [1.54, 1.807) is 0 Å². The molecule has 1 rings (SSSR count). The molecule has 0 saturated heterocycles. The number of carboxylic acid groups (broad SMARTS) is 1. The highest BCUT2D eigenvalue weighted by Gasteiger charge is 2.16. The fraction of sp³-hybridized carbons (Fsp3) is 0.333. The fourth-order valence-corrected chi connectivity index (χ4v) is 1.36. The molecule has 0 aliphatic heterocycles. The number of carbonyl (C=O) groups is 2. The predicted octanol–water partition coefficient (Wildman–Crippen LogP) is 1.82. The lowest BCUT2D eigenvalue weighted by molar-refractivity contribution is -0.130. The third-order valence-corrected chi connectivity index (χ3v) is 2.41. The molecular formula is C12H15NO4. The molecule has 2 amide bonds. The highest BCUT2D eigenvalue weighted by molar-refractivity contribution is 5.91. The van der Waals surface area contributed by atoms with E-state index in [1.165, 1.54) is 7.05 Å². The summed E-state index contributed by atoms with van der Waals surface area (Å²) < 4.78 is 5.35. The van der Waals surface area contributed by atoms with Crippen LogP contribution in [-0.4, -0.2) is 35.7 Å². The number of ether oxygens (including phenoxy) is 1. The van der Waals surface area contributed by atoms with Gasteiger partial charge in [0.2, 0.25) is 0 Å². The Kier molecular flexibility index (Phi) is 4.09. The number of hydrogen-bond donors (Lipinski definition) is 1. The summed E-state index contributed by atoms with van der Waals surface area (Å²) in [7, 11) is 1.19. The number of benzene rings is 1. The minimum absolute atomic E-state index is 0.283. The van der Waals surface area contributed by atoms with Gasteiger partial charge in [0.05, 0.1) is 0 Å². The number of imide groups is 1. The number of amides is 2. The summed E-state index contributed by atoms with van der Waals surface area (Å²) >= 11 is 0. The van der Waals surface area contributed by atoms with Gasteiger partial charge < -0.3 is 9.84 Å². The number of hydrogen-bond acceptors (Lipinski definition) is 3. The van der Waals surface area contributed by atoms with E-state index in [0.717, 1.165) is 11.1 Å². The molecule has 1 aromatic carbocycles. The average molecular weight is 237 g/mol. The standard InChI is InChI=1S/C12H15NO4/c1-8-5-4-6-9(2)11(8)17-7-10(14)13(3)12(15)16/h4-6H,7H2,1-3H3,(H,15,16). The summed E-state index contributed by atoms with van der Waals surface area (Å²) in [4.78, 5) is 22.5. The molecule has 0 fully saturated rings. The topological polar surface area (TPSA) is 66.8 Å². The highest BCUT2D eigenvalue weighted by atomic mass is 16.5. The van der Waals surface area contributed by atoms with Crippen LogP contribution in [0.15, 0.2) is 18.2 Å². The zero-order valence-corrected chi connectivity index (χ0v) is 10.1. The van der Waals surface area contributed by atoms with Crippen molar-refractivity contribution >= 4 is 12.0 Å². The molecule has 0 atom stereocenters. The molecule has 0 heterocycles. The second kappa shape index (κ2) is 5.34. The van der Waals surface area contributed by atoms with Crippen LogP contribution in [0.1, 0.15) is 11.1 Å². The lowest BCUT2D eigenvalue weighted by atomic mass is 10.1. The van der Waals surface area contributed by atoms with Crippen molar-refractivity contribution in [2.45, 2.75) is 13.8 Å². The minimum Gasteiger partial charge on any atom is -0.483 e. The maximum absolute atomic E-state index is 11.4. The molecule has 17 heavy (non-hydrogen) atoms. The Labute approximate surface area is 99.6 Å². The third kappa shape index (κ3) is 3.21. The van der Waals surface area contributed by atoms with Gasteiger partial charge in [0.25, 0.3) is 5.91 Å². The molecule has 0 aliphatic carbocycles. The Hall–Kier alpha value is -2.04. The van der Waals surface area contributed by atoms with E-state index in [1.807, 2.05) is 32.0 Å². The molecule has 0 radical (unpaired) electrons. The van der Waals surface area contributed by atoms with E-state index in [9.17, 15) is 9.59 Å². The van der Waals surface area contributed by atoms with Crippen LogP contribution in [0.25, 0.3) is 0 Å². The van der Waals surface area contributed by atoms with Crippen molar-refractivity contribution in [3.05, 3.63) is 29.3 Å². The molecule has 0 aromatic heterocycles. The second-order valence-electron chi connectivity index (χ2n) is 3.74. The molecule has 0 saturated carbocycles. The van der Waals surface area contributed by atoms with E-state index in [0.29, 0.717) is 10.6 Å². The predicted molar refractivity (Wildman–Crippen MR) is 62.2 cm³/mol. The van der Waals surface area contributed by atoms with E-state index >= 15 is 0 Å². The quantitative estimate of drug-likeness (QED) is 0.870. The smallest absolute Gasteiger partial charge is 0.413 e. The Morgan fingerprint density at radius 3 is 2.29 bits per heavy atom. The number of nitrogens with zero attached hydrogens (tertiary/aromatic N) is 1.